The van der Waals surface area contributed by atoms with Crippen LogP contribution in [0.15, 0.2) is 47.3 Å². The van der Waals surface area contributed by atoms with Crippen LogP contribution in [-0.4, -0.2) is 27.7 Å². The minimum Gasteiger partial charge on any atom is -0.493 e. The Balaban J connectivity index is 2.09. The summed E-state index contributed by atoms with van der Waals surface area (Å²) in [6.07, 6.45) is 0. The van der Waals surface area contributed by atoms with Crippen LogP contribution < -0.4 is 21.8 Å². The van der Waals surface area contributed by atoms with E-state index < -0.39 is 17.4 Å². The van der Waals surface area contributed by atoms with E-state index in [4.69, 9.17) is 16.2 Å². The predicted octanol–water partition coefficient (Wildman–Crippen LogP) is 2.86. The Kier molecular flexibility index (Phi) is 5.54. The summed E-state index contributed by atoms with van der Waals surface area (Å²) in [5, 5.41) is 9.26. The topological polar surface area (TPSA) is 144 Å². The van der Waals surface area contributed by atoms with Gasteiger partial charge in [0.25, 0.3) is 5.56 Å². The van der Waals surface area contributed by atoms with Crippen LogP contribution in [-0.2, 0) is 4.79 Å². The number of carboxylic acids is 1. The molecule has 1 atom stereocenters. The molecule has 0 aliphatic rings. The maximum atomic E-state index is 12.0. The van der Waals surface area contributed by atoms with Crippen LogP contribution in [0, 0.1) is 0 Å². The molecule has 150 valence electrons. The van der Waals surface area contributed by atoms with Crippen LogP contribution >= 0.6 is 0 Å². The Labute approximate surface area is 167 Å². The highest BCUT2D eigenvalue weighted by Gasteiger charge is 2.16. The summed E-state index contributed by atoms with van der Waals surface area (Å²) in [5.74, 6) is -0.791. The molecule has 3 rings (SSSR count). The Morgan fingerprint density at radius 3 is 2.59 bits per heavy atom. The van der Waals surface area contributed by atoms with Gasteiger partial charge in [-0.3, -0.25) is 9.59 Å². The van der Waals surface area contributed by atoms with E-state index in [1.165, 1.54) is 0 Å². The van der Waals surface area contributed by atoms with Crippen LogP contribution in [0.3, 0.4) is 0 Å². The molecule has 0 spiro atoms. The second-order valence-corrected chi connectivity index (χ2v) is 6.54. The zero-order valence-electron chi connectivity index (χ0n) is 16.1. The van der Waals surface area contributed by atoms with Crippen molar-refractivity contribution in [3.05, 3.63) is 58.4 Å². The molecule has 0 aliphatic carbocycles. The Morgan fingerprint density at radius 1 is 1.21 bits per heavy atom. The van der Waals surface area contributed by atoms with Crippen molar-refractivity contribution in [2.45, 2.75) is 19.8 Å². The number of carbonyl (C=O) groups is 1. The van der Waals surface area contributed by atoms with Crippen molar-refractivity contribution in [1.29, 1.82) is 0 Å². The van der Waals surface area contributed by atoms with Crippen LogP contribution in [0.1, 0.15) is 25.3 Å². The predicted molar refractivity (Wildman–Crippen MR) is 112 cm³/mol. The molecule has 1 heterocycles. The number of hydrogen-bond acceptors (Lipinski definition) is 6. The smallest absolute Gasteiger partial charge is 0.310 e. The van der Waals surface area contributed by atoms with E-state index in [0.717, 1.165) is 11.1 Å². The van der Waals surface area contributed by atoms with Gasteiger partial charge in [0.05, 0.1) is 18.1 Å². The molecular weight excluding hydrogens is 372 g/mol. The summed E-state index contributed by atoms with van der Waals surface area (Å²) in [6, 6.07) is 12.8. The van der Waals surface area contributed by atoms with E-state index in [2.05, 4.69) is 9.97 Å². The molecule has 0 radical (unpaired) electrons. The second kappa shape index (κ2) is 8.05. The fourth-order valence-electron chi connectivity index (χ4n) is 2.93. The number of nitrogens with two attached hydrogens (primary N) is 2. The molecule has 0 amide bonds. The lowest BCUT2D eigenvalue weighted by atomic mass is 9.95. The fraction of sp³-hybridized carbons (Fsp3) is 0.190. The summed E-state index contributed by atoms with van der Waals surface area (Å²) in [6.45, 7) is 3.89. The summed E-state index contributed by atoms with van der Waals surface area (Å²) in [4.78, 5) is 30.0. The number of nitrogens with one attached hydrogen (secondary N) is 1. The van der Waals surface area contributed by atoms with E-state index in [1.807, 2.05) is 37.3 Å². The number of nitrogen functional groups attached to an aromatic ring is 2. The molecule has 29 heavy (non-hydrogen) atoms. The molecule has 2 aromatic carbocycles. The number of benzene rings is 2. The third-order valence-electron chi connectivity index (χ3n) is 4.61. The second-order valence-electron chi connectivity index (χ2n) is 6.54. The van der Waals surface area contributed by atoms with Gasteiger partial charge in [0.2, 0.25) is 0 Å². The van der Waals surface area contributed by atoms with Gasteiger partial charge >= 0.3 is 5.97 Å². The molecule has 1 unspecified atom stereocenters. The van der Waals surface area contributed by atoms with Crippen molar-refractivity contribution >= 4 is 17.5 Å². The minimum atomic E-state index is -0.886. The zero-order chi connectivity index (χ0) is 21.1. The van der Waals surface area contributed by atoms with Gasteiger partial charge in [-0.2, -0.15) is 0 Å². The molecule has 6 N–H and O–H groups in total. The SMILES string of the molecule is CCOc1cc(-c2cccc(C(C)C(=O)O)c2)ccc1-c1nc(N)c(N)c(=O)[nH]1. The van der Waals surface area contributed by atoms with E-state index >= 15 is 0 Å². The maximum absolute atomic E-state index is 12.0. The summed E-state index contributed by atoms with van der Waals surface area (Å²) >= 11 is 0. The highest BCUT2D eigenvalue weighted by atomic mass is 16.5. The van der Waals surface area contributed by atoms with E-state index in [9.17, 15) is 14.7 Å². The Morgan fingerprint density at radius 2 is 1.93 bits per heavy atom. The Hall–Kier alpha value is -3.81. The fourth-order valence-corrected chi connectivity index (χ4v) is 2.93. The quantitative estimate of drug-likeness (QED) is 0.503. The number of anilines is 2. The first-order valence-corrected chi connectivity index (χ1v) is 9.07. The highest BCUT2D eigenvalue weighted by Crippen LogP contribution is 2.34. The van der Waals surface area contributed by atoms with Gasteiger partial charge < -0.3 is 26.3 Å². The molecule has 0 aliphatic heterocycles. The average Bonchev–Trinajstić information content (AvgIpc) is 2.71. The maximum Gasteiger partial charge on any atom is 0.310 e. The monoisotopic (exact) mass is 394 g/mol. The molecule has 0 saturated carbocycles. The van der Waals surface area contributed by atoms with Gasteiger partial charge in [0.15, 0.2) is 5.82 Å². The number of H-pyrrole nitrogens is 1. The molecule has 8 heteroatoms. The normalized spacial score (nSPS) is 11.8. The summed E-state index contributed by atoms with van der Waals surface area (Å²) < 4.78 is 5.75. The highest BCUT2D eigenvalue weighted by molar-refractivity contribution is 5.78. The molecule has 0 saturated heterocycles. The molecular formula is C21H22N4O4. The first-order chi connectivity index (χ1) is 13.8. The van der Waals surface area contributed by atoms with Gasteiger partial charge in [-0.15, -0.1) is 0 Å². The van der Waals surface area contributed by atoms with E-state index in [1.54, 1.807) is 19.1 Å². The lowest BCUT2D eigenvalue weighted by Crippen LogP contribution is -2.17. The lowest BCUT2D eigenvalue weighted by molar-refractivity contribution is -0.138. The van der Waals surface area contributed by atoms with Crippen LogP contribution in [0.25, 0.3) is 22.5 Å². The van der Waals surface area contributed by atoms with Crippen LogP contribution in [0.4, 0.5) is 11.5 Å². The van der Waals surface area contributed by atoms with Crippen molar-refractivity contribution in [3.8, 4) is 28.3 Å². The van der Waals surface area contributed by atoms with Gasteiger partial charge in [0, 0.05) is 0 Å². The third kappa shape index (κ3) is 4.06. The number of nitrogens with zero attached hydrogens (tertiary/aromatic N) is 1. The van der Waals surface area contributed by atoms with Crippen molar-refractivity contribution in [2.75, 3.05) is 18.1 Å². The van der Waals surface area contributed by atoms with Gasteiger partial charge in [-0.1, -0.05) is 30.3 Å². The van der Waals surface area contributed by atoms with Crippen molar-refractivity contribution in [3.63, 3.8) is 0 Å². The number of hydrogen-bond donors (Lipinski definition) is 4. The summed E-state index contributed by atoms with van der Waals surface area (Å²) in [5.41, 5.74) is 13.6. The molecule has 0 fully saturated rings. The number of aliphatic carboxylic acids is 1. The third-order valence-corrected chi connectivity index (χ3v) is 4.61. The number of ether oxygens (including phenoxy) is 1. The van der Waals surface area contributed by atoms with Gasteiger partial charge in [-0.25, -0.2) is 4.98 Å². The first kappa shape index (κ1) is 19.9. The van der Waals surface area contributed by atoms with Crippen molar-refractivity contribution in [2.24, 2.45) is 0 Å². The number of aromatic amines is 1. The molecule has 0 bridgehead atoms. The number of carboxylic acid groups (broad SMARTS) is 1. The first-order valence-electron chi connectivity index (χ1n) is 9.07. The largest absolute Gasteiger partial charge is 0.493 e. The molecule has 1 aromatic heterocycles. The number of aromatic nitrogens is 2. The molecule has 8 nitrogen and oxygen atoms in total. The van der Waals surface area contributed by atoms with E-state index in [-0.39, 0.29) is 17.3 Å². The van der Waals surface area contributed by atoms with Gasteiger partial charge in [0.1, 0.15) is 17.3 Å². The standard InChI is InChI=1S/C21H22N4O4/c1-3-29-16-10-14(13-6-4-5-12(9-13)11(2)21(27)28)7-8-15(16)19-24-18(23)17(22)20(26)25-19/h4-11H,3,22H2,1-2H3,(H,27,28)(H3,23,24,25,26). The van der Waals surface area contributed by atoms with E-state index in [0.29, 0.717) is 23.5 Å². The Bertz CT molecular complexity index is 1120. The van der Waals surface area contributed by atoms with Crippen LogP contribution in [0.5, 0.6) is 5.75 Å². The zero-order valence-corrected chi connectivity index (χ0v) is 16.1. The van der Waals surface area contributed by atoms with Crippen LogP contribution in [0.2, 0.25) is 0 Å². The van der Waals surface area contributed by atoms with Crippen molar-refractivity contribution < 1.29 is 14.6 Å². The number of rotatable bonds is 6. The van der Waals surface area contributed by atoms with Crippen molar-refractivity contribution in [1.82, 2.24) is 9.97 Å². The average molecular weight is 394 g/mol. The summed E-state index contributed by atoms with van der Waals surface area (Å²) in [7, 11) is 0. The van der Waals surface area contributed by atoms with Gasteiger partial charge in [-0.05, 0) is 42.7 Å². The minimum absolute atomic E-state index is 0.0503. The lowest BCUT2D eigenvalue weighted by Gasteiger charge is -2.14. The molecule has 3 aromatic rings.